The fraction of sp³-hybridized carbons (Fsp3) is 0. The Kier molecular flexibility index (Phi) is 4.01. The van der Waals surface area contributed by atoms with Gasteiger partial charge in [-0.15, -0.1) is 0 Å². The number of aromatic amines is 2. The van der Waals surface area contributed by atoms with E-state index in [1.807, 2.05) is 48.6 Å². The molecule has 8 bridgehead atoms. The van der Waals surface area contributed by atoms with Crippen LogP contribution in [0.25, 0.3) is 46.4 Å². The predicted octanol–water partition coefficient (Wildman–Crippen LogP) is 4.65. The first-order valence-corrected chi connectivity index (χ1v) is 7.85. The molecule has 0 saturated heterocycles. The van der Waals surface area contributed by atoms with Gasteiger partial charge < -0.3 is 9.97 Å². The van der Waals surface area contributed by atoms with Gasteiger partial charge in [-0.2, -0.15) is 0 Å². The predicted molar refractivity (Wildman–Crippen MR) is 98.9 cm³/mol. The second kappa shape index (κ2) is 6.33. The van der Waals surface area contributed by atoms with Crippen molar-refractivity contribution in [1.82, 2.24) is 19.9 Å². The molecular weight excluding hydrogens is 493 g/mol. The molecule has 0 amide bonds. The summed E-state index contributed by atoms with van der Waals surface area (Å²) in [7, 11) is 0. The van der Waals surface area contributed by atoms with E-state index in [9.17, 15) is 0 Å². The molecule has 0 aromatic carbocycles. The summed E-state index contributed by atoms with van der Waals surface area (Å²) in [6, 6.07) is 16.4. The van der Waals surface area contributed by atoms with Gasteiger partial charge in [0.2, 0.25) is 0 Å². The number of nitrogens with zero attached hydrogens (tertiary/aromatic N) is 2. The van der Waals surface area contributed by atoms with Crippen LogP contribution in [-0.4, -0.2) is 19.9 Å². The first-order chi connectivity index (χ1) is 11.8. The molecule has 0 saturated carbocycles. The van der Waals surface area contributed by atoms with Crippen molar-refractivity contribution in [3.63, 3.8) is 0 Å². The van der Waals surface area contributed by atoms with Crippen LogP contribution in [0.4, 0.5) is 0 Å². The zero-order valence-corrected chi connectivity index (χ0v) is 15.3. The molecule has 25 heavy (non-hydrogen) atoms. The Morgan fingerprint density at radius 3 is 1.04 bits per heavy atom. The van der Waals surface area contributed by atoms with Gasteiger partial charge in [0.05, 0.1) is 22.8 Å². The van der Waals surface area contributed by atoms with E-state index in [1.165, 1.54) is 0 Å². The van der Waals surface area contributed by atoms with Gasteiger partial charge in [-0.05, 0) is 72.8 Å². The van der Waals surface area contributed by atoms with E-state index in [4.69, 9.17) is 0 Å². The smallest absolute Gasteiger partial charge is 0.355 e. The Morgan fingerprint density at radius 2 is 0.760 bits per heavy atom. The molecule has 5 heterocycles. The van der Waals surface area contributed by atoms with Crippen molar-refractivity contribution in [1.29, 1.82) is 0 Å². The maximum atomic E-state index is 4.63. The van der Waals surface area contributed by atoms with E-state index >= 15 is 0 Å². The average molecular weight is 507 g/mol. The Balaban J connectivity index is 0.00000157. The van der Waals surface area contributed by atoms with Crippen molar-refractivity contribution in [2.24, 2.45) is 0 Å². The molecule has 0 fully saturated rings. The molecule has 122 valence electrons. The van der Waals surface area contributed by atoms with E-state index in [-0.39, 0.29) is 22.4 Å². The Labute approximate surface area is 159 Å². The third-order valence-corrected chi connectivity index (χ3v) is 4.04. The fourth-order valence-corrected chi connectivity index (χ4v) is 2.94. The van der Waals surface area contributed by atoms with Crippen molar-refractivity contribution in [3.05, 3.63) is 71.3 Å². The minimum absolute atomic E-state index is 0. The Hall–Kier alpha value is -2.66. The quantitative estimate of drug-likeness (QED) is 0.300. The summed E-state index contributed by atoms with van der Waals surface area (Å²) in [5, 5.41) is 0. The van der Waals surface area contributed by atoms with E-state index in [0.717, 1.165) is 44.8 Å². The summed E-state index contributed by atoms with van der Waals surface area (Å²) in [5.41, 5.74) is 7.86. The summed E-state index contributed by atoms with van der Waals surface area (Å²) in [4.78, 5) is 16.0. The Bertz CT molecular complexity index is 990. The number of aromatic nitrogens is 4. The maximum absolute atomic E-state index is 4.63. The van der Waals surface area contributed by atoms with Crippen molar-refractivity contribution >= 4 is 46.4 Å². The van der Waals surface area contributed by atoms with E-state index in [1.54, 1.807) is 0 Å². The van der Waals surface area contributed by atoms with Crippen LogP contribution in [-0.2, 0) is 22.4 Å². The summed E-state index contributed by atoms with van der Waals surface area (Å²) < 4.78 is 0. The van der Waals surface area contributed by atoms with Crippen LogP contribution < -0.4 is 0 Å². The van der Waals surface area contributed by atoms with Crippen molar-refractivity contribution in [2.75, 3.05) is 0 Å². The molecule has 4 nitrogen and oxygen atoms in total. The summed E-state index contributed by atoms with van der Waals surface area (Å²) in [5.74, 6) is 0. The molecule has 2 N–H and O–H groups in total. The van der Waals surface area contributed by atoms with Gasteiger partial charge in [0, 0.05) is 22.1 Å². The molecule has 3 aromatic rings. The number of rotatable bonds is 0. The van der Waals surface area contributed by atoms with Gasteiger partial charge in [0.1, 0.15) is 0 Å². The third kappa shape index (κ3) is 3.28. The van der Waals surface area contributed by atoms with Gasteiger partial charge >= 0.3 is 22.4 Å². The first kappa shape index (κ1) is 15.8. The molecule has 2 aliphatic heterocycles. The van der Waals surface area contributed by atoms with Crippen LogP contribution in [0.15, 0.2) is 48.5 Å². The molecule has 0 spiro atoms. The van der Waals surface area contributed by atoms with Crippen LogP contribution in [0.3, 0.4) is 0 Å². The normalized spacial score (nSPS) is 12.2. The number of H-pyrrole nitrogens is 2. The second-order valence-electron chi connectivity index (χ2n) is 5.91. The number of nitrogens with one attached hydrogen (secondary N) is 2. The average Bonchev–Trinajstić information content (AvgIpc) is 3.32. The number of hydrogen-bond acceptors (Lipinski definition) is 2. The zero-order valence-electron chi connectivity index (χ0n) is 13.1. The van der Waals surface area contributed by atoms with Crippen LogP contribution in [0.1, 0.15) is 22.8 Å². The molecule has 0 radical (unpaired) electrons. The second-order valence-corrected chi connectivity index (χ2v) is 5.91. The monoisotopic (exact) mass is 507 g/mol. The molecule has 0 atom stereocenters. The third-order valence-electron chi connectivity index (χ3n) is 4.04. The van der Waals surface area contributed by atoms with Gasteiger partial charge in [-0.1, -0.05) is 0 Å². The molecular formula is C20H14AuN4+3. The Morgan fingerprint density at radius 1 is 0.480 bits per heavy atom. The molecule has 5 heteroatoms. The first-order valence-electron chi connectivity index (χ1n) is 7.85. The van der Waals surface area contributed by atoms with Crippen molar-refractivity contribution < 1.29 is 22.4 Å². The van der Waals surface area contributed by atoms with Crippen LogP contribution in [0.2, 0.25) is 0 Å². The standard InChI is InChI=1S/C20H14N4.Au/c1-2-14-10-16-5-6-18(23-16)12-20-8-7-19(24-20)11-17-4-3-15(22-17)9-13(1)21-14;/h1-12,21,24H;/q;+3. The number of fused-ring (bicyclic) bond motifs is 8. The van der Waals surface area contributed by atoms with Crippen LogP contribution in [0, 0.1) is 0 Å². The SMILES string of the molecule is C1=Cc2cc3ccc(cc4nc(cc5ccc(cc1n2)[nH]5)C=C4)[nH]3.[Au+3]. The summed E-state index contributed by atoms with van der Waals surface area (Å²) in [6.07, 6.45) is 8.09. The minimum atomic E-state index is 0. The molecule has 0 aliphatic carbocycles. The van der Waals surface area contributed by atoms with Crippen LogP contribution in [0.5, 0.6) is 0 Å². The number of hydrogen-bond donors (Lipinski definition) is 2. The van der Waals surface area contributed by atoms with Crippen molar-refractivity contribution in [2.45, 2.75) is 0 Å². The summed E-state index contributed by atoms with van der Waals surface area (Å²) in [6.45, 7) is 0. The molecule has 0 unspecified atom stereocenters. The molecule has 2 aliphatic rings. The van der Waals surface area contributed by atoms with Gasteiger partial charge in [-0.25, -0.2) is 9.97 Å². The molecule has 3 aromatic heterocycles. The minimum Gasteiger partial charge on any atom is -0.355 e. The van der Waals surface area contributed by atoms with Gasteiger partial charge in [-0.3, -0.25) is 0 Å². The topological polar surface area (TPSA) is 57.4 Å². The summed E-state index contributed by atoms with van der Waals surface area (Å²) >= 11 is 0. The molecule has 5 rings (SSSR count). The van der Waals surface area contributed by atoms with Gasteiger partial charge in [0.25, 0.3) is 0 Å². The fourth-order valence-electron chi connectivity index (χ4n) is 2.94. The van der Waals surface area contributed by atoms with Gasteiger partial charge in [0.15, 0.2) is 0 Å². The maximum Gasteiger partial charge on any atom is 3.00 e. The van der Waals surface area contributed by atoms with Crippen LogP contribution >= 0.6 is 0 Å². The zero-order chi connectivity index (χ0) is 15.9. The van der Waals surface area contributed by atoms with Crippen molar-refractivity contribution in [3.8, 4) is 0 Å². The van der Waals surface area contributed by atoms with E-state index in [0.29, 0.717) is 0 Å². The van der Waals surface area contributed by atoms with E-state index < -0.39 is 0 Å². The largest absolute Gasteiger partial charge is 3.00 e. The van der Waals surface area contributed by atoms with E-state index in [2.05, 4.69) is 44.2 Å².